The van der Waals surface area contributed by atoms with Crippen molar-refractivity contribution < 1.29 is 0 Å². The molecule has 0 spiro atoms. The van der Waals surface area contributed by atoms with E-state index in [0.717, 1.165) is 5.70 Å². The Kier molecular flexibility index (Phi) is 10.4. The summed E-state index contributed by atoms with van der Waals surface area (Å²) in [5.41, 5.74) is 2.27. The van der Waals surface area contributed by atoms with Crippen LogP contribution in [0.15, 0.2) is 45.6 Å². The van der Waals surface area contributed by atoms with E-state index in [1.807, 2.05) is 13.8 Å². The molecule has 0 bridgehead atoms. The molecule has 0 fully saturated rings. The summed E-state index contributed by atoms with van der Waals surface area (Å²) in [5, 5.41) is 0. The van der Waals surface area contributed by atoms with Gasteiger partial charge in [0.2, 0.25) is 0 Å². The van der Waals surface area contributed by atoms with Crippen LogP contribution in [0.1, 0.15) is 67.2 Å². The first-order chi connectivity index (χ1) is 10.6. The minimum absolute atomic E-state index is 0.115. The largest absolute Gasteiger partial charge is 0.253 e. The van der Waals surface area contributed by atoms with Crippen molar-refractivity contribution in [2.24, 2.45) is 21.3 Å². The van der Waals surface area contributed by atoms with Crippen LogP contribution in [-0.4, -0.2) is 13.1 Å². The van der Waals surface area contributed by atoms with Crippen molar-refractivity contribution in [1.29, 1.82) is 0 Å². The fourth-order valence-corrected chi connectivity index (χ4v) is 2.76. The fourth-order valence-electron chi connectivity index (χ4n) is 2.76. The number of unbranched alkanes of at least 4 members (excludes halogenated alkanes) is 1. The summed E-state index contributed by atoms with van der Waals surface area (Å²) in [5.74, 6) is 0.684. The van der Waals surface area contributed by atoms with Crippen molar-refractivity contribution in [1.82, 2.24) is 0 Å². The lowest BCUT2D eigenvalue weighted by Gasteiger charge is -2.32. The molecular weight excluding hydrogens is 268 g/mol. The molecular formula is C20H34N2. The third-order valence-electron chi connectivity index (χ3n) is 4.25. The van der Waals surface area contributed by atoms with Gasteiger partial charge in [-0.2, -0.15) is 0 Å². The minimum Gasteiger partial charge on any atom is -0.253 e. The van der Waals surface area contributed by atoms with E-state index in [1.54, 1.807) is 0 Å². The molecule has 0 N–H and O–H groups in total. The van der Waals surface area contributed by atoms with E-state index in [4.69, 9.17) is 0 Å². The summed E-state index contributed by atoms with van der Waals surface area (Å²) in [6, 6.07) is 0. The van der Waals surface area contributed by atoms with Crippen molar-refractivity contribution in [3.05, 3.63) is 35.6 Å². The Hall–Kier alpha value is -1.44. The zero-order valence-corrected chi connectivity index (χ0v) is 15.4. The Bertz CT molecular complexity index is 441. The SMILES string of the molecule is C=NC=NC1=C(C)C=CC(C)(C(CC)CCCC)C=C1.CC. The number of hydrogen-bond donors (Lipinski definition) is 0. The van der Waals surface area contributed by atoms with Crippen LogP contribution in [0.5, 0.6) is 0 Å². The normalized spacial score (nSPS) is 22.3. The molecule has 22 heavy (non-hydrogen) atoms. The highest BCUT2D eigenvalue weighted by molar-refractivity contribution is 5.64. The van der Waals surface area contributed by atoms with Crippen molar-refractivity contribution >= 4 is 13.1 Å². The number of aliphatic imine (C=N–C) groups is 2. The predicted molar refractivity (Wildman–Crippen MR) is 102 cm³/mol. The second kappa shape index (κ2) is 11.2. The summed E-state index contributed by atoms with van der Waals surface area (Å²) in [6.07, 6.45) is 15.5. The predicted octanol–water partition coefficient (Wildman–Crippen LogP) is 6.36. The van der Waals surface area contributed by atoms with Gasteiger partial charge in [0.1, 0.15) is 6.34 Å². The molecule has 0 aliphatic heterocycles. The smallest absolute Gasteiger partial charge is 0.115 e. The third-order valence-corrected chi connectivity index (χ3v) is 4.25. The van der Waals surface area contributed by atoms with Crippen LogP contribution >= 0.6 is 0 Å². The molecule has 0 heterocycles. The molecule has 0 amide bonds. The van der Waals surface area contributed by atoms with Gasteiger partial charge in [0.05, 0.1) is 5.70 Å². The molecule has 0 radical (unpaired) electrons. The molecule has 1 aliphatic carbocycles. The van der Waals surface area contributed by atoms with Crippen LogP contribution < -0.4 is 0 Å². The molecule has 2 nitrogen and oxygen atoms in total. The van der Waals surface area contributed by atoms with Crippen LogP contribution in [0.3, 0.4) is 0 Å². The van der Waals surface area contributed by atoms with Crippen molar-refractivity contribution in [3.63, 3.8) is 0 Å². The van der Waals surface area contributed by atoms with Crippen LogP contribution in [-0.2, 0) is 0 Å². The Balaban J connectivity index is 0.00000211. The van der Waals surface area contributed by atoms with Gasteiger partial charge in [-0.25, -0.2) is 4.99 Å². The van der Waals surface area contributed by atoms with Gasteiger partial charge in [-0.05, 0) is 37.6 Å². The van der Waals surface area contributed by atoms with E-state index in [9.17, 15) is 0 Å². The van der Waals surface area contributed by atoms with E-state index in [2.05, 4.69) is 68.7 Å². The minimum atomic E-state index is 0.115. The van der Waals surface area contributed by atoms with E-state index >= 15 is 0 Å². The Morgan fingerprint density at radius 2 is 1.86 bits per heavy atom. The average Bonchev–Trinajstić information content (AvgIpc) is 2.69. The Morgan fingerprint density at radius 3 is 2.41 bits per heavy atom. The second-order valence-electron chi connectivity index (χ2n) is 5.78. The lowest BCUT2D eigenvalue weighted by atomic mass is 9.73. The zero-order chi connectivity index (χ0) is 17.0. The average molecular weight is 303 g/mol. The zero-order valence-electron chi connectivity index (χ0n) is 15.4. The van der Waals surface area contributed by atoms with E-state index in [0.29, 0.717) is 5.92 Å². The highest BCUT2D eigenvalue weighted by Gasteiger charge is 2.28. The summed E-state index contributed by atoms with van der Waals surface area (Å²) >= 11 is 0. The van der Waals surface area contributed by atoms with Crippen LogP contribution in [0.2, 0.25) is 0 Å². The van der Waals surface area contributed by atoms with Gasteiger partial charge in [-0.15, -0.1) is 0 Å². The summed E-state index contributed by atoms with van der Waals surface area (Å²) in [6.45, 7) is 16.4. The van der Waals surface area contributed by atoms with Gasteiger partial charge in [0.15, 0.2) is 0 Å². The maximum atomic E-state index is 4.34. The highest BCUT2D eigenvalue weighted by Crippen LogP contribution is 2.39. The first kappa shape index (κ1) is 20.6. The summed E-state index contributed by atoms with van der Waals surface area (Å²) < 4.78 is 0. The fraction of sp³-hybridized carbons (Fsp3) is 0.600. The van der Waals surface area contributed by atoms with Crippen molar-refractivity contribution in [2.45, 2.75) is 67.2 Å². The first-order valence-electron chi connectivity index (χ1n) is 8.65. The second-order valence-corrected chi connectivity index (χ2v) is 5.78. The number of hydrogen-bond acceptors (Lipinski definition) is 1. The van der Waals surface area contributed by atoms with Crippen LogP contribution in [0.4, 0.5) is 0 Å². The maximum Gasteiger partial charge on any atom is 0.115 e. The Morgan fingerprint density at radius 1 is 1.23 bits per heavy atom. The molecule has 2 atom stereocenters. The summed E-state index contributed by atoms with van der Waals surface area (Å²) in [7, 11) is 0. The molecule has 0 aromatic carbocycles. The van der Waals surface area contributed by atoms with E-state index < -0.39 is 0 Å². The standard InChI is InChI=1S/C18H28N2.C2H6/c1-6-8-9-16(7-2)18(4)12-10-15(3)17(11-13-18)20-14-19-5;1-2/h10-14,16H,5-9H2,1-4H3;1-2H3. The summed E-state index contributed by atoms with van der Waals surface area (Å²) in [4.78, 5) is 8.03. The molecule has 124 valence electrons. The molecule has 2 unspecified atom stereocenters. The van der Waals surface area contributed by atoms with E-state index in [1.165, 1.54) is 37.6 Å². The first-order valence-corrected chi connectivity index (χ1v) is 8.65. The van der Waals surface area contributed by atoms with Crippen molar-refractivity contribution in [2.75, 3.05) is 0 Å². The highest BCUT2D eigenvalue weighted by atomic mass is 14.8. The lowest BCUT2D eigenvalue weighted by Crippen LogP contribution is -2.22. The molecule has 2 heteroatoms. The molecule has 0 saturated carbocycles. The van der Waals surface area contributed by atoms with Crippen LogP contribution in [0.25, 0.3) is 0 Å². The van der Waals surface area contributed by atoms with Gasteiger partial charge < -0.3 is 0 Å². The number of nitrogens with zero attached hydrogens (tertiary/aromatic N) is 2. The third kappa shape index (κ3) is 6.13. The van der Waals surface area contributed by atoms with Gasteiger partial charge >= 0.3 is 0 Å². The maximum absolute atomic E-state index is 4.34. The van der Waals surface area contributed by atoms with Gasteiger partial charge in [0, 0.05) is 5.41 Å². The van der Waals surface area contributed by atoms with Gasteiger partial charge in [-0.1, -0.05) is 72.1 Å². The Labute approximate surface area is 137 Å². The molecule has 0 saturated heterocycles. The monoisotopic (exact) mass is 302 g/mol. The quantitative estimate of drug-likeness (QED) is 0.386. The van der Waals surface area contributed by atoms with Gasteiger partial charge in [-0.3, -0.25) is 4.99 Å². The molecule has 0 aromatic rings. The molecule has 0 aromatic heterocycles. The lowest BCUT2D eigenvalue weighted by molar-refractivity contribution is 0.287. The van der Waals surface area contributed by atoms with Crippen molar-refractivity contribution in [3.8, 4) is 0 Å². The molecule has 1 aliphatic rings. The van der Waals surface area contributed by atoms with Crippen LogP contribution in [0, 0.1) is 11.3 Å². The molecule has 1 rings (SSSR count). The van der Waals surface area contributed by atoms with E-state index in [-0.39, 0.29) is 5.41 Å². The number of allylic oxidation sites excluding steroid dienone is 5. The topological polar surface area (TPSA) is 24.7 Å². The van der Waals surface area contributed by atoms with Gasteiger partial charge in [0.25, 0.3) is 0 Å². The number of rotatable bonds is 7.